The Morgan fingerprint density at radius 1 is 0.929 bits per heavy atom. The third-order valence-electron chi connectivity index (χ3n) is 5.58. The number of hydrogen-bond donors (Lipinski definition) is 1. The highest BCUT2D eigenvalue weighted by Gasteiger charge is 2.34. The van der Waals surface area contributed by atoms with E-state index < -0.39 is 11.8 Å². The maximum absolute atomic E-state index is 12.9. The van der Waals surface area contributed by atoms with Gasteiger partial charge in [-0.1, -0.05) is 24.3 Å². The summed E-state index contributed by atoms with van der Waals surface area (Å²) in [6, 6.07) is 8.27. The highest BCUT2D eigenvalue weighted by atomic mass is 16.2. The molecule has 0 bridgehead atoms. The van der Waals surface area contributed by atoms with Crippen molar-refractivity contribution in [3.8, 4) is 0 Å². The summed E-state index contributed by atoms with van der Waals surface area (Å²) >= 11 is 0. The van der Waals surface area contributed by atoms with Crippen molar-refractivity contribution in [2.24, 2.45) is 5.92 Å². The number of carbonyl (C=O) groups excluding carboxylic acids is 4. The Kier molecular flexibility index (Phi) is 5.13. The van der Waals surface area contributed by atoms with E-state index in [1.807, 2.05) is 12.1 Å². The molecule has 0 atom stereocenters. The van der Waals surface area contributed by atoms with Crippen LogP contribution in [-0.2, 0) is 32.0 Å². The van der Waals surface area contributed by atoms with Gasteiger partial charge in [-0.05, 0) is 36.3 Å². The first-order valence-electron chi connectivity index (χ1n) is 9.72. The number of hydrazine groups is 1. The summed E-state index contributed by atoms with van der Waals surface area (Å²) < 4.78 is 0. The topological polar surface area (TPSA) is 90.0 Å². The van der Waals surface area contributed by atoms with Gasteiger partial charge in [0.2, 0.25) is 17.7 Å². The predicted molar refractivity (Wildman–Crippen MR) is 99.6 cm³/mol. The standard InChI is InChI=1S/C20H24N4O4/c25-17-11-22(12-18(26)21-17)13-20(28)24-7-3-6-23(24)19(27)10-14-8-15-4-1-2-5-16(15)9-14/h1-2,4-5,14H,3,6-13H2,(H,21,25,26). The first-order chi connectivity index (χ1) is 13.5. The summed E-state index contributed by atoms with van der Waals surface area (Å²) in [5.74, 6) is -0.816. The lowest BCUT2D eigenvalue weighted by Gasteiger charge is -2.31. The molecule has 0 unspecified atom stereocenters. The lowest BCUT2D eigenvalue weighted by Crippen LogP contribution is -2.55. The van der Waals surface area contributed by atoms with E-state index in [-0.39, 0.29) is 37.4 Å². The Morgan fingerprint density at radius 2 is 1.50 bits per heavy atom. The van der Waals surface area contributed by atoms with Gasteiger partial charge in [0.25, 0.3) is 5.91 Å². The van der Waals surface area contributed by atoms with Gasteiger partial charge in [0.1, 0.15) is 0 Å². The van der Waals surface area contributed by atoms with Crippen LogP contribution in [0.4, 0.5) is 0 Å². The van der Waals surface area contributed by atoms with Crippen molar-refractivity contribution >= 4 is 23.6 Å². The quantitative estimate of drug-likeness (QED) is 0.722. The minimum absolute atomic E-state index is 0.0135. The number of rotatable bonds is 4. The molecule has 2 aliphatic heterocycles. The highest BCUT2D eigenvalue weighted by molar-refractivity contribution is 5.99. The molecule has 1 aromatic carbocycles. The van der Waals surface area contributed by atoms with E-state index >= 15 is 0 Å². The third-order valence-corrected chi connectivity index (χ3v) is 5.58. The third kappa shape index (κ3) is 3.91. The molecule has 0 radical (unpaired) electrons. The van der Waals surface area contributed by atoms with Gasteiger partial charge in [-0.25, -0.2) is 0 Å². The van der Waals surface area contributed by atoms with Crippen LogP contribution in [0.25, 0.3) is 0 Å². The van der Waals surface area contributed by atoms with Crippen LogP contribution < -0.4 is 5.32 Å². The van der Waals surface area contributed by atoms with Gasteiger partial charge in [-0.15, -0.1) is 0 Å². The minimum atomic E-state index is -0.404. The van der Waals surface area contributed by atoms with Crippen LogP contribution in [-0.4, -0.2) is 71.3 Å². The number of carbonyl (C=O) groups is 4. The molecule has 148 valence electrons. The molecule has 2 fully saturated rings. The monoisotopic (exact) mass is 384 g/mol. The molecule has 3 aliphatic rings. The lowest BCUT2D eigenvalue weighted by molar-refractivity contribution is -0.159. The molecule has 1 N–H and O–H groups in total. The highest BCUT2D eigenvalue weighted by Crippen LogP contribution is 2.29. The van der Waals surface area contributed by atoms with Crippen molar-refractivity contribution in [2.75, 3.05) is 32.7 Å². The van der Waals surface area contributed by atoms with Crippen molar-refractivity contribution in [3.05, 3.63) is 35.4 Å². The lowest BCUT2D eigenvalue weighted by atomic mass is 10.0. The molecule has 2 heterocycles. The van der Waals surface area contributed by atoms with Gasteiger partial charge in [-0.2, -0.15) is 0 Å². The van der Waals surface area contributed by atoms with E-state index in [1.165, 1.54) is 21.0 Å². The summed E-state index contributed by atoms with van der Waals surface area (Å²) in [5, 5.41) is 5.26. The molecule has 0 spiro atoms. The zero-order valence-electron chi connectivity index (χ0n) is 15.7. The molecule has 1 aromatic rings. The Bertz CT molecular complexity index is 783. The SMILES string of the molecule is O=C1CN(CC(=O)N2CCCN2C(=O)CC2Cc3ccccc3C2)CC(=O)N1. The van der Waals surface area contributed by atoms with Gasteiger partial charge < -0.3 is 0 Å². The average molecular weight is 384 g/mol. The smallest absolute Gasteiger partial charge is 0.255 e. The van der Waals surface area contributed by atoms with Crippen LogP contribution in [0.5, 0.6) is 0 Å². The number of amides is 4. The van der Waals surface area contributed by atoms with Gasteiger partial charge in [0.15, 0.2) is 0 Å². The number of nitrogens with zero attached hydrogens (tertiary/aromatic N) is 3. The van der Waals surface area contributed by atoms with Crippen LogP contribution in [0.3, 0.4) is 0 Å². The summed E-state index contributed by atoms with van der Waals surface area (Å²) in [4.78, 5) is 50.0. The van der Waals surface area contributed by atoms with Crippen molar-refractivity contribution in [2.45, 2.75) is 25.7 Å². The molecular weight excluding hydrogens is 360 g/mol. The van der Waals surface area contributed by atoms with E-state index in [4.69, 9.17) is 0 Å². The summed E-state index contributed by atoms with van der Waals surface area (Å²) in [7, 11) is 0. The molecule has 8 nitrogen and oxygen atoms in total. The molecule has 2 saturated heterocycles. The average Bonchev–Trinajstić information content (AvgIpc) is 3.27. The van der Waals surface area contributed by atoms with Crippen molar-refractivity contribution in [1.82, 2.24) is 20.2 Å². The Hall–Kier alpha value is -2.74. The fraction of sp³-hybridized carbons (Fsp3) is 0.500. The van der Waals surface area contributed by atoms with Crippen LogP contribution in [0.15, 0.2) is 24.3 Å². The van der Waals surface area contributed by atoms with Crippen LogP contribution in [0.2, 0.25) is 0 Å². The molecule has 4 rings (SSSR count). The van der Waals surface area contributed by atoms with Gasteiger partial charge >= 0.3 is 0 Å². The molecule has 28 heavy (non-hydrogen) atoms. The van der Waals surface area contributed by atoms with E-state index in [2.05, 4.69) is 17.4 Å². The van der Waals surface area contributed by atoms with Gasteiger partial charge in [0.05, 0.1) is 19.6 Å². The van der Waals surface area contributed by atoms with Crippen molar-refractivity contribution in [1.29, 1.82) is 0 Å². The van der Waals surface area contributed by atoms with Crippen molar-refractivity contribution < 1.29 is 19.2 Å². The second-order valence-electron chi connectivity index (χ2n) is 7.75. The molecule has 0 aromatic heterocycles. The van der Waals surface area contributed by atoms with Crippen LogP contribution in [0, 0.1) is 5.92 Å². The normalized spacial score (nSPS) is 20.4. The molecule has 1 aliphatic carbocycles. The molecule has 4 amide bonds. The summed E-state index contributed by atoms with van der Waals surface area (Å²) in [6.45, 7) is 1.00. The summed E-state index contributed by atoms with van der Waals surface area (Å²) in [5.41, 5.74) is 2.62. The van der Waals surface area contributed by atoms with E-state index in [1.54, 1.807) is 5.01 Å². The van der Waals surface area contributed by atoms with Gasteiger partial charge in [-0.3, -0.25) is 39.4 Å². The first-order valence-corrected chi connectivity index (χ1v) is 9.72. The van der Waals surface area contributed by atoms with E-state index in [0.717, 1.165) is 19.3 Å². The maximum Gasteiger partial charge on any atom is 0.255 e. The number of imide groups is 1. The molecule has 0 saturated carbocycles. The first kappa shape index (κ1) is 18.6. The van der Waals surface area contributed by atoms with Crippen LogP contribution >= 0.6 is 0 Å². The second kappa shape index (κ2) is 7.71. The predicted octanol–water partition coefficient (Wildman–Crippen LogP) is -0.274. The van der Waals surface area contributed by atoms with Gasteiger partial charge in [0, 0.05) is 19.5 Å². The number of piperazine rings is 1. The van der Waals surface area contributed by atoms with Crippen molar-refractivity contribution in [3.63, 3.8) is 0 Å². The largest absolute Gasteiger partial charge is 0.294 e. The Morgan fingerprint density at radius 3 is 2.11 bits per heavy atom. The zero-order valence-corrected chi connectivity index (χ0v) is 15.7. The fourth-order valence-corrected chi connectivity index (χ4v) is 4.36. The number of benzene rings is 1. The Balaban J connectivity index is 1.34. The van der Waals surface area contributed by atoms with E-state index in [0.29, 0.717) is 19.5 Å². The minimum Gasteiger partial charge on any atom is -0.294 e. The molecular formula is C20H24N4O4. The molecule has 8 heteroatoms. The fourth-order valence-electron chi connectivity index (χ4n) is 4.36. The van der Waals surface area contributed by atoms with E-state index in [9.17, 15) is 19.2 Å². The Labute approximate surface area is 163 Å². The number of hydrogen-bond acceptors (Lipinski definition) is 5. The number of nitrogens with one attached hydrogen (secondary N) is 1. The number of fused-ring (bicyclic) bond motifs is 1. The zero-order chi connectivity index (χ0) is 19.7. The van der Waals surface area contributed by atoms with Crippen LogP contribution in [0.1, 0.15) is 24.0 Å². The maximum atomic E-state index is 12.9. The second-order valence-corrected chi connectivity index (χ2v) is 7.75. The summed E-state index contributed by atoms with van der Waals surface area (Å²) in [6.07, 6.45) is 2.95.